The molecule has 0 bridgehead atoms. The third kappa shape index (κ3) is 7.99. The fraction of sp³-hybridized carbons (Fsp3) is 0.485. The van der Waals surface area contributed by atoms with Crippen LogP contribution < -0.4 is 25.6 Å². The zero-order chi connectivity index (χ0) is 34.1. The molecular weight excluding hydrogens is 611 g/mol. The molecule has 0 radical (unpaired) electrons. The Morgan fingerprint density at radius 3 is 2.40 bits per heavy atom. The van der Waals surface area contributed by atoms with Gasteiger partial charge in [-0.15, -0.1) is 0 Å². The summed E-state index contributed by atoms with van der Waals surface area (Å²) in [5.74, 6) is -0.356. The molecule has 252 valence electrons. The lowest BCUT2D eigenvalue weighted by Gasteiger charge is -2.32. The van der Waals surface area contributed by atoms with Crippen molar-refractivity contribution in [3.63, 3.8) is 0 Å². The molecule has 5 rings (SSSR count). The van der Waals surface area contributed by atoms with E-state index in [-0.39, 0.29) is 47.5 Å². The van der Waals surface area contributed by atoms with Crippen molar-refractivity contribution in [2.24, 2.45) is 0 Å². The first kappa shape index (κ1) is 33.6. The number of urea groups is 1. The summed E-state index contributed by atoms with van der Waals surface area (Å²) in [4.78, 5) is 49.0. The van der Waals surface area contributed by atoms with Gasteiger partial charge in [0.05, 0.1) is 24.9 Å². The summed E-state index contributed by atoms with van der Waals surface area (Å²) in [6.07, 6.45) is 3.01. The first-order valence-electron chi connectivity index (χ1n) is 15.5. The molecular formula is C33H41FN6O7. The highest BCUT2D eigenvalue weighted by Gasteiger charge is 2.32. The molecule has 0 saturated carbocycles. The minimum atomic E-state index is -0.865. The molecule has 4 amide bonds. The Kier molecular flexibility index (Phi) is 9.43. The van der Waals surface area contributed by atoms with Crippen molar-refractivity contribution in [2.45, 2.75) is 78.6 Å². The number of rotatable bonds is 4. The van der Waals surface area contributed by atoms with Crippen LogP contribution in [0.15, 0.2) is 24.5 Å². The van der Waals surface area contributed by atoms with Crippen molar-refractivity contribution in [1.29, 1.82) is 0 Å². The van der Waals surface area contributed by atoms with Gasteiger partial charge in [-0.1, -0.05) is 0 Å². The van der Waals surface area contributed by atoms with Gasteiger partial charge in [0.25, 0.3) is 0 Å². The number of benzene rings is 1. The van der Waals surface area contributed by atoms with Gasteiger partial charge in [0.15, 0.2) is 5.82 Å². The summed E-state index contributed by atoms with van der Waals surface area (Å²) in [5.41, 5.74) is -0.491. The molecule has 1 fully saturated rings. The highest BCUT2D eigenvalue weighted by atomic mass is 19.1. The normalized spacial score (nSPS) is 16.5. The summed E-state index contributed by atoms with van der Waals surface area (Å²) in [7, 11) is 0. The maximum absolute atomic E-state index is 16.6. The number of anilines is 3. The van der Waals surface area contributed by atoms with Gasteiger partial charge in [0.1, 0.15) is 29.3 Å². The van der Waals surface area contributed by atoms with E-state index in [0.29, 0.717) is 35.4 Å². The van der Waals surface area contributed by atoms with Gasteiger partial charge in [-0.05, 0) is 84.4 Å². The second kappa shape index (κ2) is 13.2. The average Bonchev–Trinajstić information content (AvgIpc) is 2.97. The van der Waals surface area contributed by atoms with E-state index in [0.717, 1.165) is 12.8 Å². The van der Waals surface area contributed by atoms with E-state index in [1.807, 2.05) is 0 Å². The second-order valence-corrected chi connectivity index (χ2v) is 13.5. The van der Waals surface area contributed by atoms with Crippen molar-refractivity contribution < 1.29 is 37.7 Å². The van der Waals surface area contributed by atoms with Gasteiger partial charge >= 0.3 is 18.2 Å². The molecule has 1 atom stereocenters. The summed E-state index contributed by atoms with van der Waals surface area (Å²) in [6.45, 7) is 13.6. The molecule has 13 nitrogen and oxygen atoms in total. The predicted octanol–water partition coefficient (Wildman–Crippen LogP) is 6.53. The molecule has 14 heteroatoms. The summed E-state index contributed by atoms with van der Waals surface area (Å²) in [6, 6.07) is 2.56. The number of ether oxygens (including phenoxy) is 4. The molecule has 0 aliphatic carbocycles. The van der Waals surface area contributed by atoms with Crippen molar-refractivity contribution in [3.8, 4) is 17.0 Å². The highest BCUT2D eigenvalue weighted by molar-refractivity contribution is 6.05. The lowest BCUT2D eigenvalue weighted by atomic mass is 9.96. The Morgan fingerprint density at radius 1 is 0.979 bits per heavy atom. The molecule has 0 spiro atoms. The molecule has 1 saturated heterocycles. The van der Waals surface area contributed by atoms with Crippen LogP contribution in [-0.2, 0) is 14.2 Å². The highest BCUT2D eigenvalue weighted by Crippen LogP contribution is 2.42. The number of aromatic nitrogens is 2. The Labute approximate surface area is 272 Å². The smallest absolute Gasteiger partial charge is 0.415 e. The monoisotopic (exact) mass is 652 g/mol. The zero-order valence-electron chi connectivity index (χ0n) is 27.7. The van der Waals surface area contributed by atoms with Crippen LogP contribution in [0.1, 0.15) is 59.9 Å². The number of hydrogen-bond donors (Lipinski definition) is 3. The van der Waals surface area contributed by atoms with Gasteiger partial charge in [0.2, 0.25) is 5.88 Å². The van der Waals surface area contributed by atoms with Gasteiger partial charge in [-0.2, -0.15) is 0 Å². The number of nitrogens with zero attached hydrogens (tertiary/aromatic N) is 3. The van der Waals surface area contributed by atoms with E-state index >= 15 is 4.39 Å². The van der Waals surface area contributed by atoms with Crippen LogP contribution in [0.2, 0.25) is 0 Å². The SMILES string of the molecule is Cc1c(-c2cc3cc(NC(=O)NC4CCCOC4)ncc3c(NC(=O)OC(C)(C)C)c2F)cnc2c1N(C(=O)OC(C)(C)C)CCO2. The van der Waals surface area contributed by atoms with Gasteiger partial charge < -0.3 is 24.3 Å². The zero-order valence-corrected chi connectivity index (χ0v) is 27.7. The van der Waals surface area contributed by atoms with E-state index in [2.05, 4.69) is 25.9 Å². The Bertz CT molecular complexity index is 1700. The average molecular weight is 653 g/mol. The number of hydrogen-bond acceptors (Lipinski definition) is 9. The van der Waals surface area contributed by atoms with Gasteiger partial charge in [-0.3, -0.25) is 15.5 Å². The molecule has 2 aromatic heterocycles. The van der Waals surface area contributed by atoms with E-state index in [1.54, 1.807) is 60.6 Å². The van der Waals surface area contributed by atoms with E-state index < -0.39 is 35.2 Å². The lowest BCUT2D eigenvalue weighted by molar-refractivity contribution is 0.0564. The molecule has 2 aliphatic rings. The number of halogens is 1. The topological polar surface area (TPSA) is 153 Å². The van der Waals surface area contributed by atoms with E-state index in [1.165, 1.54) is 17.3 Å². The first-order valence-corrected chi connectivity index (χ1v) is 15.5. The maximum atomic E-state index is 16.6. The van der Waals surface area contributed by atoms with Crippen LogP contribution in [-0.4, -0.2) is 71.8 Å². The van der Waals surface area contributed by atoms with Crippen LogP contribution in [0.5, 0.6) is 5.88 Å². The minimum absolute atomic E-state index is 0.0760. The summed E-state index contributed by atoms with van der Waals surface area (Å²) in [5, 5.41) is 8.87. The van der Waals surface area contributed by atoms with Crippen LogP contribution in [0.4, 0.5) is 36.0 Å². The molecule has 3 aromatic rings. The van der Waals surface area contributed by atoms with Gasteiger partial charge in [0, 0.05) is 35.5 Å². The number of fused-ring (bicyclic) bond motifs is 2. The second-order valence-electron chi connectivity index (χ2n) is 13.5. The van der Waals surface area contributed by atoms with Crippen molar-refractivity contribution in [3.05, 3.63) is 35.9 Å². The Hall–Kier alpha value is -4.72. The molecule has 2 aliphatic heterocycles. The van der Waals surface area contributed by atoms with Crippen LogP contribution in [0, 0.1) is 12.7 Å². The Morgan fingerprint density at radius 2 is 1.72 bits per heavy atom. The number of nitrogens with one attached hydrogen (secondary N) is 3. The van der Waals surface area contributed by atoms with Crippen molar-refractivity contribution in [1.82, 2.24) is 15.3 Å². The summed E-state index contributed by atoms with van der Waals surface area (Å²) >= 11 is 0. The number of pyridine rings is 2. The third-order valence-electron chi connectivity index (χ3n) is 7.32. The van der Waals surface area contributed by atoms with E-state index in [4.69, 9.17) is 18.9 Å². The van der Waals surface area contributed by atoms with Gasteiger partial charge in [-0.25, -0.2) is 28.7 Å². The molecule has 47 heavy (non-hydrogen) atoms. The third-order valence-corrected chi connectivity index (χ3v) is 7.32. The standard InChI is InChI=1S/C33H41FN6O7/c1-18-22(15-36-28-27(18)40(10-12-45-28)31(43)47-33(5,6)7)21-13-19-14-24(38-29(41)37-20-9-8-11-44-17-20)35-16-23(19)26(25(21)34)39-30(42)46-32(2,3)4/h13-16,20H,8-12,17H2,1-7H3,(H,39,42)(H2,35,37,38,41). The first-order chi connectivity index (χ1) is 22.1. The van der Waals surface area contributed by atoms with Crippen LogP contribution in [0.25, 0.3) is 21.9 Å². The number of carbonyl (C=O) groups is 3. The van der Waals surface area contributed by atoms with Crippen LogP contribution >= 0.6 is 0 Å². The molecule has 1 unspecified atom stereocenters. The summed E-state index contributed by atoms with van der Waals surface area (Å²) < 4.78 is 38.8. The maximum Gasteiger partial charge on any atom is 0.415 e. The number of amides is 4. The molecule has 4 heterocycles. The molecule has 3 N–H and O–H groups in total. The van der Waals surface area contributed by atoms with Crippen molar-refractivity contribution in [2.75, 3.05) is 41.9 Å². The fourth-order valence-corrected chi connectivity index (χ4v) is 5.36. The predicted molar refractivity (Wildman–Crippen MR) is 175 cm³/mol. The van der Waals surface area contributed by atoms with Crippen molar-refractivity contribution >= 4 is 46.2 Å². The fourth-order valence-electron chi connectivity index (χ4n) is 5.36. The Balaban J connectivity index is 1.58. The van der Waals surface area contributed by atoms with E-state index in [9.17, 15) is 14.4 Å². The van der Waals surface area contributed by atoms with Crippen LogP contribution in [0.3, 0.4) is 0 Å². The number of carbonyl (C=O) groups excluding carboxylic acids is 3. The lowest BCUT2D eigenvalue weighted by Crippen LogP contribution is -2.42. The largest absolute Gasteiger partial charge is 0.474 e. The minimum Gasteiger partial charge on any atom is -0.474 e. The quantitative estimate of drug-likeness (QED) is 0.286. The molecule has 1 aromatic carbocycles.